The highest BCUT2D eigenvalue weighted by molar-refractivity contribution is 7.99. The number of nitrogens with one attached hydrogen (secondary N) is 1. The van der Waals surface area contributed by atoms with Gasteiger partial charge in [-0.15, -0.1) is 5.10 Å². The maximum atomic E-state index is 11.3. The van der Waals surface area contributed by atoms with Gasteiger partial charge in [0, 0.05) is 17.9 Å². The summed E-state index contributed by atoms with van der Waals surface area (Å²) in [5, 5.41) is 16.1. The first-order valence-corrected chi connectivity index (χ1v) is 9.49. The minimum Gasteiger partial charge on any atom is -0.326 e. The predicted octanol–water partition coefficient (Wildman–Crippen LogP) is 3.79. The van der Waals surface area contributed by atoms with Crippen LogP contribution in [-0.2, 0) is 11.2 Å². The van der Waals surface area contributed by atoms with Crippen LogP contribution in [0.3, 0.4) is 0 Å². The number of carbonyl (C=O) groups is 1. The summed E-state index contributed by atoms with van der Waals surface area (Å²) in [4.78, 5) is 11.3. The Bertz CT molecular complexity index is 939. The van der Waals surface area contributed by atoms with Crippen LogP contribution in [0.2, 0.25) is 0 Å². The molecule has 1 aromatic heterocycles. The molecule has 1 amide bonds. The Morgan fingerprint density at radius 3 is 3.00 bits per heavy atom. The molecule has 1 aliphatic rings. The summed E-state index contributed by atoms with van der Waals surface area (Å²) >= 11 is 1.69. The quantitative estimate of drug-likeness (QED) is 0.761. The van der Waals surface area contributed by atoms with E-state index in [9.17, 15) is 4.79 Å². The normalized spacial score (nSPS) is 16.1. The Labute approximate surface area is 156 Å². The van der Waals surface area contributed by atoms with E-state index in [0.717, 1.165) is 29.4 Å². The highest BCUT2D eigenvalue weighted by atomic mass is 32.2. The lowest BCUT2D eigenvalue weighted by atomic mass is 9.91. The molecule has 132 valence electrons. The van der Waals surface area contributed by atoms with Crippen molar-refractivity contribution in [2.45, 2.75) is 36.6 Å². The molecule has 0 saturated heterocycles. The van der Waals surface area contributed by atoms with E-state index in [1.54, 1.807) is 16.4 Å². The Hall–Kier alpha value is -2.67. The van der Waals surface area contributed by atoms with E-state index in [1.165, 1.54) is 24.5 Å². The van der Waals surface area contributed by atoms with Gasteiger partial charge in [-0.25, -0.2) is 0 Å². The second-order valence-electron chi connectivity index (χ2n) is 6.30. The fourth-order valence-electron chi connectivity index (χ4n) is 3.29. The van der Waals surface area contributed by atoms with Crippen molar-refractivity contribution < 1.29 is 4.79 Å². The van der Waals surface area contributed by atoms with Gasteiger partial charge in [-0.3, -0.25) is 4.79 Å². The average molecular weight is 365 g/mol. The second-order valence-corrected chi connectivity index (χ2v) is 7.47. The first kappa shape index (κ1) is 16.8. The minimum atomic E-state index is -0.104. The molecule has 0 unspecified atom stereocenters. The SMILES string of the molecule is CC(=O)Nc1cccc(-n2nnnc2S[C@@H]2CCCc3ccccc32)c1. The van der Waals surface area contributed by atoms with Gasteiger partial charge in [0.25, 0.3) is 0 Å². The van der Waals surface area contributed by atoms with Crippen LogP contribution in [0.25, 0.3) is 5.69 Å². The summed E-state index contributed by atoms with van der Waals surface area (Å²) in [6, 6.07) is 16.1. The van der Waals surface area contributed by atoms with Gasteiger partial charge in [0.05, 0.1) is 5.69 Å². The van der Waals surface area contributed by atoms with Gasteiger partial charge in [0.15, 0.2) is 0 Å². The average Bonchev–Trinajstić information content (AvgIpc) is 3.10. The first-order chi connectivity index (χ1) is 12.7. The third-order valence-electron chi connectivity index (χ3n) is 4.41. The van der Waals surface area contributed by atoms with Gasteiger partial charge in [0.2, 0.25) is 11.1 Å². The Balaban J connectivity index is 1.62. The van der Waals surface area contributed by atoms with Gasteiger partial charge in [-0.1, -0.05) is 42.1 Å². The van der Waals surface area contributed by atoms with E-state index in [0.29, 0.717) is 5.25 Å². The molecule has 2 aromatic carbocycles. The van der Waals surface area contributed by atoms with Crippen molar-refractivity contribution in [2.75, 3.05) is 5.32 Å². The molecular formula is C19H19N5OS. The first-order valence-electron chi connectivity index (χ1n) is 8.61. The third kappa shape index (κ3) is 3.48. The number of thioether (sulfide) groups is 1. The van der Waals surface area contributed by atoms with Crippen LogP contribution in [0, 0.1) is 0 Å². The van der Waals surface area contributed by atoms with Crippen molar-refractivity contribution in [3.05, 3.63) is 59.7 Å². The van der Waals surface area contributed by atoms with Gasteiger partial charge in [-0.05, 0) is 59.0 Å². The number of rotatable bonds is 4. The van der Waals surface area contributed by atoms with Crippen molar-refractivity contribution in [1.82, 2.24) is 20.2 Å². The number of carbonyl (C=O) groups excluding carboxylic acids is 1. The summed E-state index contributed by atoms with van der Waals surface area (Å²) in [6.45, 7) is 1.49. The summed E-state index contributed by atoms with van der Waals surface area (Å²) in [5.41, 5.74) is 4.35. The summed E-state index contributed by atoms with van der Waals surface area (Å²) in [6.07, 6.45) is 3.42. The molecule has 0 fully saturated rings. The highest BCUT2D eigenvalue weighted by Gasteiger charge is 2.23. The summed E-state index contributed by atoms with van der Waals surface area (Å²) in [5.74, 6) is -0.104. The number of tetrazole rings is 1. The van der Waals surface area contributed by atoms with Crippen LogP contribution in [0.15, 0.2) is 53.7 Å². The number of hydrogen-bond acceptors (Lipinski definition) is 5. The van der Waals surface area contributed by atoms with E-state index in [2.05, 4.69) is 45.1 Å². The molecule has 3 aromatic rings. The molecule has 6 nitrogen and oxygen atoms in total. The molecule has 1 atom stereocenters. The van der Waals surface area contributed by atoms with Crippen molar-refractivity contribution in [2.24, 2.45) is 0 Å². The fraction of sp³-hybridized carbons (Fsp3) is 0.263. The van der Waals surface area contributed by atoms with Crippen LogP contribution in [-0.4, -0.2) is 26.1 Å². The van der Waals surface area contributed by atoms with E-state index >= 15 is 0 Å². The zero-order valence-electron chi connectivity index (χ0n) is 14.4. The molecule has 0 aliphatic heterocycles. The predicted molar refractivity (Wildman–Crippen MR) is 101 cm³/mol. The number of hydrogen-bond donors (Lipinski definition) is 1. The number of benzene rings is 2. The van der Waals surface area contributed by atoms with E-state index < -0.39 is 0 Å². The summed E-state index contributed by atoms with van der Waals surface area (Å²) < 4.78 is 1.73. The molecule has 0 bridgehead atoms. The molecule has 1 heterocycles. The van der Waals surface area contributed by atoms with Gasteiger partial charge >= 0.3 is 0 Å². The molecular weight excluding hydrogens is 346 g/mol. The third-order valence-corrected chi connectivity index (χ3v) is 5.65. The van der Waals surface area contributed by atoms with Crippen molar-refractivity contribution in [3.8, 4) is 5.69 Å². The van der Waals surface area contributed by atoms with E-state index in [4.69, 9.17) is 0 Å². The van der Waals surface area contributed by atoms with Crippen molar-refractivity contribution in [3.63, 3.8) is 0 Å². The lowest BCUT2D eigenvalue weighted by molar-refractivity contribution is -0.114. The molecule has 26 heavy (non-hydrogen) atoms. The Kier molecular flexibility index (Phi) is 4.71. The number of aromatic nitrogens is 4. The lowest BCUT2D eigenvalue weighted by Crippen LogP contribution is -2.09. The fourth-order valence-corrected chi connectivity index (χ4v) is 4.51. The standard InChI is InChI=1S/C19H19N5OS/c1-13(25)20-15-8-5-9-16(12-15)24-19(21-22-23-24)26-18-11-4-7-14-6-2-3-10-17(14)18/h2-3,5-6,8-10,12,18H,4,7,11H2,1H3,(H,20,25)/t18-/m1/s1. The minimum absolute atomic E-state index is 0.104. The van der Waals surface area contributed by atoms with Gasteiger partial charge in [-0.2, -0.15) is 4.68 Å². The van der Waals surface area contributed by atoms with Crippen LogP contribution in [0.1, 0.15) is 36.1 Å². The number of amides is 1. The molecule has 1 N–H and O–H groups in total. The number of nitrogens with zero attached hydrogens (tertiary/aromatic N) is 4. The maximum absolute atomic E-state index is 11.3. The highest BCUT2D eigenvalue weighted by Crippen LogP contribution is 2.42. The van der Waals surface area contributed by atoms with Gasteiger partial charge in [0.1, 0.15) is 0 Å². The molecule has 7 heteroatoms. The van der Waals surface area contributed by atoms with E-state index in [-0.39, 0.29) is 5.91 Å². The van der Waals surface area contributed by atoms with Crippen molar-refractivity contribution in [1.29, 1.82) is 0 Å². The molecule has 0 saturated carbocycles. The summed E-state index contributed by atoms with van der Waals surface area (Å²) in [7, 11) is 0. The smallest absolute Gasteiger partial charge is 0.221 e. The monoisotopic (exact) mass is 365 g/mol. The largest absolute Gasteiger partial charge is 0.326 e. The number of aryl methyl sites for hydroxylation is 1. The number of anilines is 1. The van der Waals surface area contributed by atoms with Crippen LogP contribution < -0.4 is 5.32 Å². The second kappa shape index (κ2) is 7.29. The van der Waals surface area contributed by atoms with Gasteiger partial charge < -0.3 is 5.32 Å². The topological polar surface area (TPSA) is 72.7 Å². The molecule has 0 spiro atoms. The van der Waals surface area contributed by atoms with Crippen molar-refractivity contribution >= 4 is 23.4 Å². The Morgan fingerprint density at radius 2 is 2.12 bits per heavy atom. The molecule has 4 rings (SSSR count). The number of fused-ring (bicyclic) bond motifs is 1. The Morgan fingerprint density at radius 1 is 1.23 bits per heavy atom. The molecule has 1 aliphatic carbocycles. The zero-order valence-corrected chi connectivity index (χ0v) is 15.2. The van der Waals surface area contributed by atoms with Crippen LogP contribution >= 0.6 is 11.8 Å². The van der Waals surface area contributed by atoms with Crippen LogP contribution in [0.4, 0.5) is 5.69 Å². The van der Waals surface area contributed by atoms with Crippen LogP contribution in [0.5, 0.6) is 0 Å². The van der Waals surface area contributed by atoms with E-state index in [1.807, 2.05) is 24.3 Å². The zero-order chi connectivity index (χ0) is 17.9. The maximum Gasteiger partial charge on any atom is 0.221 e. The molecule has 0 radical (unpaired) electrons. The lowest BCUT2D eigenvalue weighted by Gasteiger charge is -2.24.